The molecule has 2 fully saturated rings. The Labute approximate surface area is 241 Å². The summed E-state index contributed by atoms with van der Waals surface area (Å²) < 4.78 is 44.7. The molecule has 14 heteroatoms. The minimum absolute atomic E-state index is 0.0849. The zero-order valence-corrected chi connectivity index (χ0v) is 23.1. The predicted octanol–water partition coefficient (Wildman–Crippen LogP) is 4.39. The first kappa shape index (κ1) is 27.6. The van der Waals surface area contributed by atoms with Gasteiger partial charge >= 0.3 is 0 Å². The molecule has 9 nitrogen and oxygen atoms in total. The molecule has 0 atom stereocenters. The molecule has 1 saturated carbocycles. The van der Waals surface area contributed by atoms with E-state index in [1.165, 1.54) is 18.2 Å². The van der Waals surface area contributed by atoms with Crippen molar-refractivity contribution >= 4 is 46.5 Å². The Morgan fingerprint density at radius 3 is 2.61 bits per heavy atom. The summed E-state index contributed by atoms with van der Waals surface area (Å²) in [6, 6.07) is 5.27. The summed E-state index contributed by atoms with van der Waals surface area (Å²) >= 11 is 6.95. The minimum Gasteiger partial charge on any atom is -0.349 e. The lowest BCUT2D eigenvalue weighted by atomic mass is 9.74. The Hall–Kier alpha value is -3.58. The second-order valence-electron chi connectivity index (χ2n) is 10.7. The largest absolute Gasteiger partial charge is 0.349 e. The summed E-state index contributed by atoms with van der Waals surface area (Å²) in [5.74, 6) is -1.49. The number of hydrogen-bond acceptors (Lipinski definition) is 7. The maximum Gasteiger partial charge on any atom is 0.281 e. The van der Waals surface area contributed by atoms with Crippen molar-refractivity contribution in [3.05, 3.63) is 69.2 Å². The number of carbonyl (C=O) groups is 3. The highest BCUT2D eigenvalue weighted by molar-refractivity contribution is 7.03. The summed E-state index contributed by atoms with van der Waals surface area (Å²) in [6.07, 6.45) is 0.675. The van der Waals surface area contributed by atoms with Crippen LogP contribution in [-0.4, -0.2) is 62.9 Å². The molecule has 1 saturated heterocycles. The lowest BCUT2D eigenvalue weighted by Crippen LogP contribution is -2.65. The minimum atomic E-state index is -2.91. The second kappa shape index (κ2) is 10.7. The second-order valence-corrected chi connectivity index (χ2v) is 11.7. The van der Waals surface area contributed by atoms with Gasteiger partial charge in [0, 0.05) is 37.3 Å². The van der Waals surface area contributed by atoms with Gasteiger partial charge in [0.25, 0.3) is 18.2 Å². The smallest absolute Gasteiger partial charge is 0.281 e. The van der Waals surface area contributed by atoms with Crippen molar-refractivity contribution in [3.8, 4) is 0 Å². The number of carbonyl (C=O) groups excluding carboxylic acids is 3. The van der Waals surface area contributed by atoms with Gasteiger partial charge in [-0.05, 0) is 66.9 Å². The average molecular weight is 605 g/mol. The van der Waals surface area contributed by atoms with Crippen LogP contribution in [0.4, 0.5) is 18.9 Å². The Balaban J connectivity index is 1.11. The maximum absolute atomic E-state index is 14.3. The molecule has 4 heterocycles. The first-order valence-corrected chi connectivity index (χ1v) is 14.3. The molecule has 3 amide bonds. The number of likely N-dealkylation sites (tertiary alicyclic amines) is 1. The van der Waals surface area contributed by atoms with E-state index < -0.39 is 29.3 Å². The van der Waals surface area contributed by atoms with Crippen LogP contribution in [0.5, 0.6) is 0 Å². The highest BCUT2D eigenvalue weighted by Crippen LogP contribution is 2.48. The lowest BCUT2D eigenvalue weighted by Gasteiger charge is -2.46. The average Bonchev–Trinajstić information content (AvgIpc) is 3.54. The lowest BCUT2D eigenvalue weighted by molar-refractivity contribution is -0.128. The number of nitrogens with one attached hydrogen (secondary N) is 1. The van der Waals surface area contributed by atoms with Crippen LogP contribution < -0.4 is 10.2 Å². The van der Waals surface area contributed by atoms with Crippen LogP contribution in [-0.2, 0) is 10.2 Å². The summed E-state index contributed by atoms with van der Waals surface area (Å²) in [5, 5.41) is 8.28. The number of alkyl halides is 2. The van der Waals surface area contributed by atoms with Gasteiger partial charge < -0.3 is 15.1 Å². The molecule has 1 N–H and O–H groups in total. The highest BCUT2D eigenvalue weighted by Gasteiger charge is 2.59. The van der Waals surface area contributed by atoms with Gasteiger partial charge in [-0.3, -0.25) is 19.4 Å². The Morgan fingerprint density at radius 2 is 1.93 bits per heavy atom. The van der Waals surface area contributed by atoms with Gasteiger partial charge in [-0.2, -0.15) is 0 Å². The van der Waals surface area contributed by atoms with Gasteiger partial charge in [-0.25, -0.2) is 13.2 Å². The Kier molecular flexibility index (Phi) is 7.18. The fraction of sp³-hybridized carbons (Fsp3) is 0.407. The molecule has 2 aliphatic heterocycles. The fourth-order valence-corrected chi connectivity index (χ4v) is 6.68. The van der Waals surface area contributed by atoms with Gasteiger partial charge in [-0.1, -0.05) is 22.2 Å². The molecule has 0 unspecified atom stereocenters. The number of benzene rings is 1. The molecule has 3 aliphatic rings. The van der Waals surface area contributed by atoms with Crippen molar-refractivity contribution in [1.29, 1.82) is 0 Å². The van der Waals surface area contributed by atoms with Crippen molar-refractivity contribution in [1.82, 2.24) is 24.8 Å². The van der Waals surface area contributed by atoms with Crippen molar-refractivity contribution in [2.45, 2.75) is 43.6 Å². The Morgan fingerprint density at radius 1 is 1.17 bits per heavy atom. The van der Waals surface area contributed by atoms with E-state index in [2.05, 4.69) is 19.9 Å². The fourth-order valence-electron chi connectivity index (χ4n) is 6.09. The molecule has 1 spiro atoms. The molecule has 214 valence electrons. The predicted molar refractivity (Wildman–Crippen MR) is 144 cm³/mol. The quantitative estimate of drug-likeness (QED) is 0.447. The third-order valence-corrected chi connectivity index (χ3v) is 8.88. The number of pyridine rings is 1. The number of rotatable bonds is 6. The van der Waals surface area contributed by atoms with E-state index >= 15 is 0 Å². The van der Waals surface area contributed by atoms with E-state index in [1.54, 1.807) is 21.2 Å². The van der Waals surface area contributed by atoms with Crippen molar-refractivity contribution in [3.63, 3.8) is 0 Å². The van der Waals surface area contributed by atoms with Gasteiger partial charge in [0.05, 0.1) is 16.3 Å². The number of nitrogens with zero attached hydrogens (tertiary/aromatic N) is 5. The first-order chi connectivity index (χ1) is 19.7. The topological polar surface area (TPSA) is 108 Å². The van der Waals surface area contributed by atoms with Crippen LogP contribution in [0.15, 0.2) is 35.8 Å². The van der Waals surface area contributed by atoms with Crippen molar-refractivity contribution in [2.24, 2.45) is 5.92 Å². The van der Waals surface area contributed by atoms with E-state index in [0.717, 1.165) is 17.7 Å². The number of aromatic nitrogens is 3. The number of hydrogen-bond donors (Lipinski definition) is 1. The van der Waals surface area contributed by atoms with E-state index in [-0.39, 0.29) is 53.1 Å². The molecule has 41 heavy (non-hydrogen) atoms. The van der Waals surface area contributed by atoms with Gasteiger partial charge in [0.1, 0.15) is 16.9 Å². The summed E-state index contributed by atoms with van der Waals surface area (Å²) in [7, 11) is 0. The van der Waals surface area contributed by atoms with Crippen molar-refractivity contribution < 1.29 is 27.6 Å². The van der Waals surface area contributed by atoms with Crippen LogP contribution in [0.2, 0.25) is 5.02 Å². The molecular weight excluding hydrogens is 581 g/mol. The molecule has 3 aromatic rings. The Bertz CT molecular complexity index is 1510. The van der Waals surface area contributed by atoms with Crippen LogP contribution in [0.3, 0.4) is 0 Å². The van der Waals surface area contributed by atoms with Crippen LogP contribution >= 0.6 is 23.1 Å². The third-order valence-electron chi connectivity index (χ3n) is 8.17. The highest BCUT2D eigenvalue weighted by atomic mass is 35.5. The van der Waals surface area contributed by atoms with Crippen LogP contribution in [0.1, 0.15) is 64.2 Å². The maximum atomic E-state index is 14.3. The number of halogens is 4. The molecule has 0 radical (unpaired) electrons. The van der Waals surface area contributed by atoms with Crippen molar-refractivity contribution in [2.75, 3.05) is 24.5 Å². The normalized spacial score (nSPS) is 21.2. The van der Waals surface area contributed by atoms with Gasteiger partial charge in [-0.15, -0.1) is 5.10 Å². The first-order valence-electron chi connectivity index (χ1n) is 13.1. The third kappa shape index (κ3) is 4.94. The van der Waals surface area contributed by atoms with E-state index in [1.807, 2.05) is 0 Å². The number of amides is 3. The van der Waals surface area contributed by atoms with E-state index in [9.17, 15) is 27.6 Å². The van der Waals surface area contributed by atoms with Gasteiger partial charge in [0.2, 0.25) is 5.91 Å². The standard InChI is InChI=1S/C27H24ClF3N6O3S/c28-15-7-18(22(23(30)31)32-9-15)24(38)33-17-4-1-14(2-5-17)10-37-21-8-16(29)3-6-19(21)27(26(37)40)12-36(13-27)25(39)20-11-41-35-34-20/h3,6-9,11,14,17,23H,1-2,4-5,10,12-13H2,(H,33,38). The molecule has 6 rings (SSSR count). The van der Waals surface area contributed by atoms with E-state index in [4.69, 9.17) is 11.6 Å². The van der Waals surface area contributed by atoms with Gasteiger partial charge in [0.15, 0.2) is 5.69 Å². The number of anilines is 1. The zero-order valence-electron chi connectivity index (χ0n) is 21.5. The van der Waals surface area contributed by atoms with Crippen LogP contribution in [0.25, 0.3) is 0 Å². The molecule has 1 aromatic carbocycles. The summed E-state index contributed by atoms with van der Waals surface area (Å²) in [6.45, 7) is 0.722. The molecule has 1 aliphatic carbocycles. The SMILES string of the molecule is O=C(NC1CCC(CN2C(=O)C3(CN(C(=O)c4csnn4)C3)c3ccc(F)cc32)CC1)c1cc(Cl)cnc1C(F)F. The monoisotopic (exact) mass is 604 g/mol. The van der Waals surface area contributed by atoms with Crippen LogP contribution in [0, 0.1) is 11.7 Å². The number of fused-ring (bicyclic) bond motifs is 2. The van der Waals surface area contributed by atoms with E-state index in [0.29, 0.717) is 43.5 Å². The summed E-state index contributed by atoms with van der Waals surface area (Å²) in [4.78, 5) is 46.1. The molecule has 2 aromatic heterocycles. The molecular formula is C27H24ClF3N6O3S. The molecule has 0 bridgehead atoms. The summed E-state index contributed by atoms with van der Waals surface area (Å²) in [5.41, 5.74) is -0.350. The zero-order chi connectivity index (χ0) is 28.9.